The highest BCUT2D eigenvalue weighted by molar-refractivity contribution is 8.30. The Kier molecular flexibility index (Phi) is 8.39. The third kappa shape index (κ3) is 6.14. The highest BCUT2D eigenvalue weighted by Crippen LogP contribution is 2.72. The van der Waals surface area contributed by atoms with Crippen molar-refractivity contribution in [1.29, 1.82) is 0 Å². The molecule has 0 spiro atoms. The van der Waals surface area contributed by atoms with Gasteiger partial charge in [-0.25, -0.2) is 0 Å². The van der Waals surface area contributed by atoms with Gasteiger partial charge in [-0.15, -0.1) is 0 Å². The average Bonchev–Trinajstić information content (AvgIpc) is 2.81. The summed E-state index contributed by atoms with van der Waals surface area (Å²) in [5, 5.41) is 0. The molecule has 37 heavy (non-hydrogen) atoms. The molecule has 0 N–H and O–H groups in total. The van der Waals surface area contributed by atoms with E-state index in [-0.39, 0.29) is 22.2 Å². The Hall–Kier alpha value is -2.52. The molecule has 0 aliphatic carbocycles. The highest BCUT2D eigenvalue weighted by Gasteiger charge is 2.43. The number of benzene rings is 3. The second-order valence-electron chi connectivity index (χ2n) is 13.0. The van der Waals surface area contributed by atoms with Crippen LogP contribution in [0.1, 0.15) is 98.8 Å². The van der Waals surface area contributed by atoms with E-state index in [1.54, 1.807) is 0 Å². The average molecular weight is 519 g/mol. The van der Waals surface area contributed by atoms with Gasteiger partial charge in [0.2, 0.25) is 0 Å². The van der Waals surface area contributed by atoms with Gasteiger partial charge in [-0.3, -0.25) is 4.79 Å². The van der Waals surface area contributed by atoms with Crippen molar-refractivity contribution in [2.45, 2.75) is 113 Å². The van der Waals surface area contributed by atoms with E-state index in [1.165, 1.54) is 21.6 Å². The van der Waals surface area contributed by atoms with Crippen LogP contribution in [0.2, 0.25) is 0 Å². The van der Waals surface area contributed by atoms with E-state index in [1.807, 2.05) is 19.1 Å². The van der Waals surface area contributed by atoms with Crippen molar-refractivity contribution in [2.75, 3.05) is 0 Å². The molecule has 0 aliphatic heterocycles. The van der Waals surface area contributed by atoms with Crippen LogP contribution in [0.3, 0.4) is 0 Å². The van der Waals surface area contributed by atoms with Crippen molar-refractivity contribution in [1.82, 2.24) is 0 Å². The number of carbonyl (C=O) groups excluding carboxylic acids is 1. The third-order valence-electron chi connectivity index (χ3n) is 6.68. The van der Waals surface area contributed by atoms with E-state index in [4.69, 9.17) is 4.18 Å². The smallest absolute Gasteiger partial charge is 0.317 e. The summed E-state index contributed by atoms with van der Waals surface area (Å²) >= 11 is 0. The maximum Gasteiger partial charge on any atom is 0.317 e. The molecule has 0 radical (unpaired) electrons. The molecule has 0 fully saturated rings. The van der Waals surface area contributed by atoms with E-state index in [0.29, 0.717) is 6.42 Å². The summed E-state index contributed by atoms with van der Waals surface area (Å²) in [7, 11) is -2.39. The Morgan fingerprint density at radius 3 is 1.41 bits per heavy atom. The summed E-state index contributed by atoms with van der Waals surface area (Å²) < 4.78 is 6.88. The number of carbonyl (C=O) groups is 1. The zero-order chi connectivity index (χ0) is 27.6. The second-order valence-corrected chi connectivity index (χ2v) is 15.7. The molecule has 0 bridgehead atoms. The standard InChI is InChI=1S/C34H46O2S/c1-11-18-30(35)36-37(26-19-14-12-15-20-26,27-21-16-13-17-22-27)31-28(33(5,6)7)23-25(32(2,3)4)24-29(31)34(8,9)10/h12-17,19-24H,11,18H2,1-10H3. The van der Waals surface area contributed by atoms with Crippen LogP contribution < -0.4 is 0 Å². The first-order chi connectivity index (χ1) is 17.1. The summed E-state index contributed by atoms with van der Waals surface area (Å²) in [4.78, 5) is 16.8. The topological polar surface area (TPSA) is 26.3 Å². The normalized spacial score (nSPS) is 13.4. The first kappa shape index (κ1) is 29.0. The molecule has 0 aliphatic rings. The molecule has 0 amide bonds. The largest absolute Gasteiger partial charge is 0.402 e. The van der Waals surface area contributed by atoms with Crippen LogP contribution in [0.4, 0.5) is 0 Å². The van der Waals surface area contributed by atoms with Crippen LogP contribution >= 0.6 is 10.3 Å². The van der Waals surface area contributed by atoms with Crippen LogP contribution in [-0.4, -0.2) is 5.97 Å². The number of rotatable bonds is 6. The Balaban J connectivity index is 2.66. The molecule has 3 rings (SSSR count). The quantitative estimate of drug-likeness (QED) is 0.324. The minimum absolute atomic E-state index is 0.0189. The molecule has 0 saturated carbocycles. The molecule has 3 heteroatoms. The van der Waals surface area contributed by atoms with Crippen LogP contribution in [0.5, 0.6) is 0 Å². The molecule has 3 aromatic rings. The minimum atomic E-state index is -2.39. The molecule has 200 valence electrons. The molecule has 0 heterocycles. The first-order valence-corrected chi connectivity index (χ1v) is 15.0. The first-order valence-electron chi connectivity index (χ1n) is 13.5. The van der Waals surface area contributed by atoms with Gasteiger partial charge in [0, 0.05) is 21.1 Å². The Labute approximate surface area is 227 Å². The monoisotopic (exact) mass is 518 g/mol. The third-order valence-corrected chi connectivity index (χ3v) is 10.0. The van der Waals surface area contributed by atoms with Gasteiger partial charge in [0.15, 0.2) is 0 Å². The van der Waals surface area contributed by atoms with E-state index < -0.39 is 10.3 Å². The van der Waals surface area contributed by atoms with Gasteiger partial charge in [-0.2, -0.15) is 0 Å². The molecule has 3 aromatic carbocycles. The molecular formula is C34H46O2S. The van der Waals surface area contributed by atoms with Crippen LogP contribution in [0.25, 0.3) is 0 Å². The van der Waals surface area contributed by atoms with E-state index in [2.05, 4.69) is 123 Å². The summed E-state index contributed by atoms with van der Waals surface area (Å²) in [6, 6.07) is 25.6. The van der Waals surface area contributed by atoms with Crippen LogP contribution in [0.15, 0.2) is 87.5 Å². The fraction of sp³-hybridized carbons (Fsp3) is 0.441. The molecule has 2 nitrogen and oxygen atoms in total. The van der Waals surface area contributed by atoms with Gasteiger partial charge in [-0.05, 0) is 73.9 Å². The maximum absolute atomic E-state index is 13.5. The van der Waals surface area contributed by atoms with Crippen LogP contribution in [-0.2, 0) is 25.2 Å². The predicted octanol–water partition coefficient (Wildman–Crippen LogP) is 10.1. The zero-order valence-electron chi connectivity index (χ0n) is 24.6. The van der Waals surface area contributed by atoms with Gasteiger partial charge in [-0.1, -0.05) is 118 Å². The SMILES string of the molecule is CCCC(=O)OS(c1ccccc1)(c1ccccc1)c1c(C(C)(C)C)cc(C(C)(C)C)cc1C(C)(C)C. The lowest BCUT2D eigenvalue weighted by molar-refractivity contribution is -0.133. The molecule has 0 unspecified atom stereocenters. The van der Waals surface area contributed by atoms with Crippen molar-refractivity contribution < 1.29 is 8.98 Å². The summed E-state index contributed by atoms with van der Waals surface area (Å²) in [6.07, 6.45) is 1.14. The summed E-state index contributed by atoms with van der Waals surface area (Å²) in [6.45, 7) is 22.5. The minimum Gasteiger partial charge on any atom is -0.402 e. The highest BCUT2D eigenvalue weighted by atomic mass is 32.3. The lowest BCUT2D eigenvalue weighted by atomic mass is 9.75. The predicted molar refractivity (Wildman–Crippen MR) is 159 cm³/mol. The molecule has 0 aromatic heterocycles. The Morgan fingerprint density at radius 1 is 0.676 bits per heavy atom. The molecule has 0 atom stereocenters. The van der Waals surface area contributed by atoms with Gasteiger partial charge in [0.1, 0.15) is 0 Å². The fourth-order valence-corrected chi connectivity index (χ4v) is 8.42. The van der Waals surface area contributed by atoms with E-state index in [9.17, 15) is 4.79 Å². The van der Waals surface area contributed by atoms with Crippen molar-refractivity contribution in [3.8, 4) is 0 Å². The molecular weight excluding hydrogens is 472 g/mol. The van der Waals surface area contributed by atoms with Crippen molar-refractivity contribution in [3.63, 3.8) is 0 Å². The van der Waals surface area contributed by atoms with Crippen molar-refractivity contribution >= 4 is 16.3 Å². The fourth-order valence-electron chi connectivity index (χ4n) is 4.60. The van der Waals surface area contributed by atoms with Gasteiger partial charge in [0.25, 0.3) is 0 Å². The van der Waals surface area contributed by atoms with Crippen molar-refractivity contribution in [3.05, 3.63) is 89.5 Å². The van der Waals surface area contributed by atoms with Crippen LogP contribution in [0, 0.1) is 0 Å². The molecule has 0 saturated heterocycles. The van der Waals surface area contributed by atoms with Gasteiger partial charge in [0.05, 0.1) is 0 Å². The Morgan fingerprint density at radius 2 is 1.08 bits per heavy atom. The van der Waals surface area contributed by atoms with Gasteiger partial charge >= 0.3 is 5.97 Å². The summed E-state index contributed by atoms with van der Waals surface area (Å²) in [5.41, 5.74) is 3.44. The lowest BCUT2D eigenvalue weighted by Gasteiger charge is -2.46. The number of hydrogen-bond donors (Lipinski definition) is 0. The maximum atomic E-state index is 13.5. The summed E-state index contributed by atoms with van der Waals surface area (Å²) in [5.74, 6) is -0.148. The second kappa shape index (κ2) is 10.7. The Bertz CT molecular complexity index is 1130. The van der Waals surface area contributed by atoms with E-state index >= 15 is 0 Å². The van der Waals surface area contributed by atoms with E-state index in [0.717, 1.165) is 16.2 Å². The zero-order valence-corrected chi connectivity index (χ0v) is 25.4. The van der Waals surface area contributed by atoms with Crippen molar-refractivity contribution in [2.24, 2.45) is 0 Å². The van der Waals surface area contributed by atoms with Gasteiger partial charge < -0.3 is 4.18 Å². The number of hydrogen-bond acceptors (Lipinski definition) is 2. The lowest BCUT2D eigenvalue weighted by Crippen LogP contribution is -2.27.